The molecule has 29 heavy (non-hydrogen) atoms. The lowest BCUT2D eigenvalue weighted by Crippen LogP contribution is -2.37. The summed E-state index contributed by atoms with van der Waals surface area (Å²) in [6, 6.07) is 10.8. The molecule has 0 aliphatic heterocycles. The summed E-state index contributed by atoms with van der Waals surface area (Å²) >= 11 is 0. The van der Waals surface area contributed by atoms with Gasteiger partial charge in [0.15, 0.2) is 5.82 Å². The van der Waals surface area contributed by atoms with Crippen molar-refractivity contribution in [2.24, 2.45) is 0 Å². The molecule has 0 aliphatic carbocycles. The van der Waals surface area contributed by atoms with Gasteiger partial charge in [-0.25, -0.2) is 15.0 Å². The molecule has 0 aliphatic rings. The fraction of sp³-hybridized carbons (Fsp3) is 0.158. The summed E-state index contributed by atoms with van der Waals surface area (Å²) < 4.78 is 36.8. The van der Waals surface area contributed by atoms with Crippen LogP contribution in [0.1, 0.15) is 0 Å². The highest BCUT2D eigenvalue weighted by molar-refractivity contribution is 5.95. The van der Waals surface area contributed by atoms with Gasteiger partial charge >= 0.3 is 6.18 Å². The Hall–Kier alpha value is -3.69. The number of nitrogens with one attached hydrogen (secondary N) is 3. The highest BCUT2D eigenvalue weighted by atomic mass is 19.4. The quantitative estimate of drug-likeness (QED) is 0.478. The van der Waals surface area contributed by atoms with Crippen molar-refractivity contribution in [3.05, 3.63) is 48.8 Å². The van der Waals surface area contributed by atoms with Crippen molar-refractivity contribution in [2.75, 3.05) is 18.4 Å². The summed E-state index contributed by atoms with van der Waals surface area (Å²) in [4.78, 5) is 28.1. The standard InChI is InChI=1S/C19H15F3N6O/c20-19(21,22)10-26-15(29)9-25-17-13-3-1-2-4-14(13)27-18(28-17)12-6-8-24-16-11(12)5-7-23-16/h1-8H,9-10H2,(H,23,24)(H,26,29)(H,25,27,28). The lowest BCUT2D eigenvalue weighted by molar-refractivity contribution is -0.137. The number of rotatable bonds is 5. The van der Waals surface area contributed by atoms with Gasteiger partial charge in [0.1, 0.15) is 18.0 Å². The molecule has 0 spiro atoms. The average molecular weight is 400 g/mol. The molecular formula is C19H15F3N6O. The van der Waals surface area contributed by atoms with E-state index in [0.717, 1.165) is 10.9 Å². The molecule has 0 fully saturated rings. The lowest BCUT2D eigenvalue weighted by Gasteiger charge is -2.12. The molecule has 3 aromatic heterocycles. The van der Waals surface area contributed by atoms with Gasteiger partial charge in [0.25, 0.3) is 0 Å². The molecule has 0 unspecified atom stereocenters. The number of para-hydroxylation sites is 1. The third kappa shape index (κ3) is 4.10. The number of aromatic amines is 1. The van der Waals surface area contributed by atoms with Crippen molar-refractivity contribution in [3.63, 3.8) is 0 Å². The molecular weight excluding hydrogens is 385 g/mol. The fourth-order valence-corrected chi connectivity index (χ4v) is 2.91. The molecule has 0 saturated heterocycles. The first kappa shape index (κ1) is 18.7. The Morgan fingerprint density at radius 2 is 1.90 bits per heavy atom. The minimum absolute atomic E-state index is 0.355. The zero-order valence-corrected chi connectivity index (χ0v) is 14.9. The van der Waals surface area contributed by atoms with Crippen LogP contribution in [0.2, 0.25) is 0 Å². The van der Waals surface area contributed by atoms with E-state index in [1.165, 1.54) is 0 Å². The average Bonchev–Trinajstić information content (AvgIpc) is 3.18. The number of benzene rings is 1. The number of alkyl halides is 3. The zero-order valence-electron chi connectivity index (χ0n) is 14.9. The van der Waals surface area contributed by atoms with Gasteiger partial charge in [-0.1, -0.05) is 12.1 Å². The number of hydrogen-bond donors (Lipinski definition) is 3. The number of hydrogen-bond acceptors (Lipinski definition) is 5. The number of aromatic nitrogens is 4. The second-order valence-corrected chi connectivity index (χ2v) is 6.26. The van der Waals surface area contributed by atoms with E-state index in [4.69, 9.17) is 0 Å². The molecule has 7 nitrogen and oxygen atoms in total. The number of halogens is 3. The maximum atomic E-state index is 12.3. The number of carbonyl (C=O) groups excluding carboxylic acids is 1. The number of anilines is 1. The van der Waals surface area contributed by atoms with Crippen LogP contribution in [0.5, 0.6) is 0 Å². The van der Waals surface area contributed by atoms with Crippen molar-refractivity contribution in [1.29, 1.82) is 0 Å². The highest BCUT2D eigenvalue weighted by Crippen LogP contribution is 2.28. The van der Waals surface area contributed by atoms with Gasteiger partial charge in [0, 0.05) is 28.7 Å². The Bertz CT molecular complexity index is 1190. The minimum atomic E-state index is -4.46. The number of fused-ring (bicyclic) bond motifs is 2. The molecule has 10 heteroatoms. The first-order valence-corrected chi connectivity index (χ1v) is 8.67. The van der Waals surface area contributed by atoms with Crippen LogP contribution in [0.15, 0.2) is 48.8 Å². The smallest absolute Gasteiger partial charge is 0.360 e. The van der Waals surface area contributed by atoms with Gasteiger partial charge in [-0.15, -0.1) is 0 Å². The first-order valence-electron chi connectivity index (χ1n) is 8.67. The van der Waals surface area contributed by atoms with E-state index in [1.54, 1.807) is 36.7 Å². The summed E-state index contributed by atoms with van der Waals surface area (Å²) in [6.07, 6.45) is -1.08. The molecule has 148 valence electrons. The van der Waals surface area contributed by atoms with E-state index in [1.807, 2.05) is 17.4 Å². The SMILES string of the molecule is O=C(CNc1nc(-c2ccnc3[nH]ccc23)nc2ccccc12)NCC(F)(F)F. The Labute approximate surface area is 162 Å². The van der Waals surface area contributed by atoms with Crippen LogP contribution in [0.3, 0.4) is 0 Å². The molecule has 3 N–H and O–H groups in total. The van der Waals surface area contributed by atoms with E-state index in [-0.39, 0.29) is 6.54 Å². The number of amides is 1. The van der Waals surface area contributed by atoms with Gasteiger partial charge < -0.3 is 15.6 Å². The zero-order chi connectivity index (χ0) is 20.4. The summed E-state index contributed by atoms with van der Waals surface area (Å²) in [7, 11) is 0. The first-order chi connectivity index (χ1) is 13.9. The van der Waals surface area contributed by atoms with Crippen molar-refractivity contribution in [1.82, 2.24) is 25.3 Å². The second-order valence-electron chi connectivity index (χ2n) is 6.26. The predicted molar refractivity (Wildman–Crippen MR) is 102 cm³/mol. The van der Waals surface area contributed by atoms with Gasteiger partial charge in [0.05, 0.1) is 12.1 Å². The number of pyridine rings is 1. The minimum Gasteiger partial charge on any atom is -0.360 e. The third-order valence-corrected chi connectivity index (χ3v) is 4.21. The number of H-pyrrole nitrogens is 1. The predicted octanol–water partition coefficient (Wildman–Crippen LogP) is 3.26. The van der Waals surface area contributed by atoms with Crippen LogP contribution in [0.4, 0.5) is 19.0 Å². The molecule has 4 aromatic rings. The van der Waals surface area contributed by atoms with Crippen molar-refractivity contribution < 1.29 is 18.0 Å². The Morgan fingerprint density at radius 3 is 2.72 bits per heavy atom. The topological polar surface area (TPSA) is 95.6 Å². The van der Waals surface area contributed by atoms with Crippen LogP contribution < -0.4 is 10.6 Å². The molecule has 0 saturated carbocycles. The fourth-order valence-electron chi connectivity index (χ4n) is 2.91. The number of nitrogens with zero attached hydrogens (tertiary/aromatic N) is 3. The second kappa shape index (κ2) is 7.38. The van der Waals surface area contributed by atoms with Crippen molar-refractivity contribution in [3.8, 4) is 11.4 Å². The van der Waals surface area contributed by atoms with Gasteiger partial charge in [-0.3, -0.25) is 4.79 Å². The normalized spacial score (nSPS) is 11.7. The van der Waals surface area contributed by atoms with Gasteiger partial charge in [-0.05, 0) is 24.3 Å². The Morgan fingerprint density at radius 1 is 1.07 bits per heavy atom. The van der Waals surface area contributed by atoms with Crippen LogP contribution in [0, 0.1) is 0 Å². The van der Waals surface area contributed by atoms with Gasteiger partial charge in [-0.2, -0.15) is 13.2 Å². The highest BCUT2D eigenvalue weighted by Gasteiger charge is 2.27. The van der Waals surface area contributed by atoms with E-state index in [2.05, 4.69) is 25.3 Å². The molecule has 0 atom stereocenters. The summed E-state index contributed by atoms with van der Waals surface area (Å²) in [5.41, 5.74) is 2.06. The van der Waals surface area contributed by atoms with Crippen LogP contribution in [-0.4, -0.2) is 45.1 Å². The Kier molecular flexibility index (Phi) is 4.75. The molecule has 1 amide bonds. The largest absolute Gasteiger partial charge is 0.405 e. The van der Waals surface area contributed by atoms with Gasteiger partial charge in [0.2, 0.25) is 5.91 Å². The van der Waals surface area contributed by atoms with E-state index in [9.17, 15) is 18.0 Å². The molecule has 0 bridgehead atoms. The summed E-state index contributed by atoms with van der Waals surface area (Å²) in [6.45, 7) is -1.74. The Balaban J connectivity index is 1.67. The molecule has 3 heterocycles. The summed E-state index contributed by atoms with van der Waals surface area (Å²) in [5, 5.41) is 6.13. The van der Waals surface area contributed by atoms with Crippen molar-refractivity contribution in [2.45, 2.75) is 6.18 Å². The van der Waals surface area contributed by atoms with E-state index in [0.29, 0.717) is 28.2 Å². The van der Waals surface area contributed by atoms with Crippen LogP contribution in [-0.2, 0) is 4.79 Å². The monoisotopic (exact) mass is 400 g/mol. The van der Waals surface area contributed by atoms with E-state index >= 15 is 0 Å². The van der Waals surface area contributed by atoms with Crippen LogP contribution >= 0.6 is 0 Å². The number of carbonyl (C=O) groups is 1. The molecule has 1 aromatic carbocycles. The lowest BCUT2D eigenvalue weighted by atomic mass is 10.1. The molecule has 4 rings (SSSR count). The summed E-state index contributed by atoms with van der Waals surface area (Å²) in [5.74, 6) is -0.0225. The maximum absolute atomic E-state index is 12.3. The third-order valence-electron chi connectivity index (χ3n) is 4.21. The van der Waals surface area contributed by atoms with E-state index < -0.39 is 18.6 Å². The maximum Gasteiger partial charge on any atom is 0.405 e. The molecule has 0 radical (unpaired) electrons. The van der Waals surface area contributed by atoms with Crippen molar-refractivity contribution >= 4 is 33.7 Å². The van der Waals surface area contributed by atoms with Crippen LogP contribution in [0.25, 0.3) is 33.3 Å².